The van der Waals surface area contributed by atoms with Crippen LogP contribution in [0.2, 0.25) is 0 Å². The summed E-state index contributed by atoms with van der Waals surface area (Å²) in [6.07, 6.45) is 6.44. The number of nitrogens with two attached hydrogens (primary N) is 1. The number of hydrogen-bond donors (Lipinski definition) is 1. The van der Waals surface area contributed by atoms with E-state index in [1.807, 2.05) is 25.1 Å². The van der Waals surface area contributed by atoms with Gasteiger partial charge in [-0.3, -0.25) is 4.98 Å². The first-order valence-electron chi connectivity index (χ1n) is 6.99. The van der Waals surface area contributed by atoms with Crippen LogP contribution in [0.1, 0.15) is 37.8 Å². The molecule has 0 atom stereocenters. The fourth-order valence-corrected chi connectivity index (χ4v) is 2.81. The predicted molar refractivity (Wildman–Crippen MR) is 77.2 cm³/mol. The van der Waals surface area contributed by atoms with Gasteiger partial charge in [-0.2, -0.15) is 0 Å². The Hall–Kier alpha value is -0.770. The summed E-state index contributed by atoms with van der Waals surface area (Å²) < 4.78 is 6.15. The first-order valence-corrected chi connectivity index (χ1v) is 6.99. The molecule has 1 aliphatic rings. The molecular formula is C16H19N2NaO. The topological polar surface area (TPSA) is 48.1 Å². The number of hydrogen-bond acceptors (Lipinski definition) is 3. The Labute approximate surface area is 142 Å². The first-order chi connectivity index (χ1) is 9.24. The third-order valence-corrected chi connectivity index (χ3v) is 3.72. The second-order valence-electron chi connectivity index (χ2n) is 5.26. The van der Waals surface area contributed by atoms with Gasteiger partial charge < -0.3 is 10.5 Å². The molecule has 0 amide bonds. The van der Waals surface area contributed by atoms with Crippen LogP contribution in [0.25, 0.3) is 10.9 Å². The van der Waals surface area contributed by atoms with Crippen molar-refractivity contribution in [1.82, 2.24) is 4.98 Å². The molecule has 0 spiro atoms. The minimum atomic E-state index is 0. The Morgan fingerprint density at radius 2 is 2.00 bits per heavy atom. The van der Waals surface area contributed by atoms with Crippen LogP contribution in [0.15, 0.2) is 18.2 Å². The number of fused-ring (bicyclic) bond motifs is 1. The van der Waals surface area contributed by atoms with E-state index in [0.29, 0.717) is 11.8 Å². The van der Waals surface area contributed by atoms with Crippen LogP contribution < -0.4 is 40.0 Å². The zero-order valence-electron chi connectivity index (χ0n) is 12.3. The molecule has 20 heavy (non-hydrogen) atoms. The number of anilines is 1. The number of aromatic nitrogens is 1. The summed E-state index contributed by atoms with van der Waals surface area (Å²) in [5.41, 5.74) is 8.43. The molecule has 2 N–H and O–H groups in total. The van der Waals surface area contributed by atoms with Gasteiger partial charge in [0.05, 0.1) is 11.9 Å². The van der Waals surface area contributed by atoms with Crippen molar-refractivity contribution in [1.29, 1.82) is 0 Å². The van der Waals surface area contributed by atoms with Crippen molar-refractivity contribution in [2.24, 2.45) is 0 Å². The molecule has 4 heteroatoms. The Kier molecular flexibility index (Phi) is 5.30. The van der Waals surface area contributed by atoms with E-state index >= 15 is 0 Å². The molecule has 2 aromatic rings. The van der Waals surface area contributed by atoms with Gasteiger partial charge in [0.15, 0.2) is 0 Å². The Bertz CT molecular complexity index is 594. The van der Waals surface area contributed by atoms with Crippen molar-refractivity contribution in [3.63, 3.8) is 0 Å². The van der Waals surface area contributed by atoms with Crippen LogP contribution in [0.3, 0.4) is 0 Å². The van der Waals surface area contributed by atoms with Gasteiger partial charge in [0, 0.05) is 0 Å². The van der Waals surface area contributed by atoms with Crippen molar-refractivity contribution in [3.05, 3.63) is 30.0 Å². The maximum Gasteiger partial charge on any atom is 1.00 e. The summed E-state index contributed by atoms with van der Waals surface area (Å²) in [7, 11) is 0. The van der Waals surface area contributed by atoms with E-state index in [2.05, 4.69) is 11.1 Å². The summed E-state index contributed by atoms with van der Waals surface area (Å²) >= 11 is 0. The van der Waals surface area contributed by atoms with Gasteiger partial charge in [-0.25, -0.2) is 6.07 Å². The minimum absolute atomic E-state index is 0. The summed E-state index contributed by atoms with van der Waals surface area (Å²) in [6.45, 7) is 1.91. The second-order valence-corrected chi connectivity index (χ2v) is 5.26. The van der Waals surface area contributed by atoms with Crippen LogP contribution in [-0.4, -0.2) is 11.1 Å². The van der Waals surface area contributed by atoms with Gasteiger partial charge >= 0.3 is 29.6 Å². The molecule has 1 aromatic heterocycles. The third-order valence-electron chi connectivity index (χ3n) is 3.72. The molecule has 0 unspecified atom stereocenters. The molecular weight excluding hydrogens is 259 g/mol. The van der Waals surface area contributed by atoms with Crippen LogP contribution in [0.5, 0.6) is 5.75 Å². The van der Waals surface area contributed by atoms with Gasteiger partial charge in [-0.1, -0.05) is 29.6 Å². The Morgan fingerprint density at radius 1 is 1.25 bits per heavy atom. The SMILES string of the molecule is Cc1[c-]c(N)c2c(OC3CCCCC3)cccc2n1.[Na+]. The quantitative estimate of drug-likeness (QED) is 0.648. The molecule has 1 aliphatic carbocycles. The predicted octanol–water partition coefficient (Wildman–Crippen LogP) is 0.641. The molecule has 3 nitrogen and oxygen atoms in total. The first kappa shape index (κ1) is 15.6. The van der Waals surface area contributed by atoms with Crippen molar-refractivity contribution in [3.8, 4) is 5.75 Å². The van der Waals surface area contributed by atoms with Crippen molar-refractivity contribution >= 4 is 16.6 Å². The zero-order chi connectivity index (χ0) is 13.2. The Balaban J connectivity index is 0.00000147. The largest absolute Gasteiger partial charge is 1.00 e. The number of nitrogen functional groups attached to an aromatic ring is 1. The number of benzene rings is 1. The van der Waals surface area contributed by atoms with E-state index < -0.39 is 0 Å². The zero-order valence-corrected chi connectivity index (χ0v) is 14.3. The smallest absolute Gasteiger partial charge is 0.508 e. The number of ether oxygens (including phenoxy) is 1. The third kappa shape index (κ3) is 3.27. The van der Waals surface area contributed by atoms with E-state index in [-0.39, 0.29) is 29.6 Å². The van der Waals surface area contributed by atoms with Gasteiger partial charge in [0.2, 0.25) is 0 Å². The van der Waals surface area contributed by atoms with E-state index in [0.717, 1.165) is 35.2 Å². The summed E-state index contributed by atoms with van der Waals surface area (Å²) in [4.78, 5) is 4.47. The molecule has 0 radical (unpaired) electrons. The molecule has 3 rings (SSSR count). The van der Waals surface area contributed by atoms with E-state index in [1.54, 1.807) is 0 Å². The van der Waals surface area contributed by atoms with E-state index in [1.165, 1.54) is 19.3 Å². The van der Waals surface area contributed by atoms with Crippen molar-refractivity contribution in [2.75, 3.05) is 5.73 Å². The molecule has 1 saturated carbocycles. The molecule has 1 fully saturated rings. The molecule has 1 aromatic carbocycles. The number of nitrogens with zero attached hydrogens (tertiary/aromatic N) is 1. The molecule has 0 aliphatic heterocycles. The summed E-state index contributed by atoms with van der Waals surface area (Å²) in [5, 5.41) is 0.902. The van der Waals surface area contributed by atoms with Crippen molar-refractivity contribution in [2.45, 2.75) is 45.1 Å². The van der Waals surface area contributed by atoms with Gasteiger partial charge in [-0.05, 0) is 44.2 Å². The van der Waals surface area contributed by atoms with Crippen LogP contribution in [0, 0.1) is 13.0 Å². The number of pyridine rings is 1. The summed E-state index contributed by atoms with van der Waals surface area (Å²) in [6, 6.07) is 9.01. The van der Waals surface area contributed by atoms with Crippen molar-refractivity contribution < 1.29 is 34.3 Å². The van der Waals surface area contributed by atoms with Crippen LogP contribution >= 0.6 is 0 Å². The fraction of sp³-hybridized carbons (Fsp3) is 0.438. The van der Waals surface area contributed by atoms with E-state index in [4.69, 9.17) is 10.5 Å². The van der Waals surface area contributed by atoms with E-state index in [9.17, 15) is 0 Å². The van der Waals surface area contributed by atoms with Gasteiger partial charge in [-0.15, -0.1) is 5.69 Å². The van der Waals surface area contributed by atoms with Crippen LogP contribution in [0.4, 0.5) is 5.69 Å². The standard InChI is InChI=1S/C16H19N2O.Na/c1-11-10-13(17)16-14(18-11)8-5-9-15(16)19-12-6-3-2-4-7-12;/h5,8-9,12H,2-4,6-7H2,1H3,(H2,17,18);/q-1;+1. The maximum absolute atomic E-state index is 6.15. The summed E-state index contributed by atoms with van der Waals surface area (Å²) in [5.74, 6) is 0.852. The molecule has 0 saturated heterocycles. The van der Waals surface area contributed by atoms with Crippen LogP contribution in [-0.2, 0) is 0 Å². The molecule has 0 bridgehead atoms. The minimum Gasteiger partial charge on any atom is -0.508 e. The number of aryl methyl sites for hydroxylation is 1. The normalized spacial score (nSPS) is 15.8. The monoisotopic (exact) mass is 278 g/mol. The molecule has 1 heterocycles. The van der Waals surface area contributed by atoms with Gasteiger partial charge in [0.25, 0.3) is 0 Å². The molecule has 100 valence electrons. The maximum atomic E-state index is 6.15. The second kappa shape index (κ2) is 6.79. The Morgan fingerprint density at radius 3 is 2.75 bits per heavy atom. The average Bonchev–Trinajstić information content (AvgIpc) is 2.39. The average molecular weight is 278 g/mol. The van der Waals surface area contributed by atoms with Gasteiger partial charge in [0.1, 0.15) is 0 Å². The fourth-order valence-electron chi connectivity index (χ4n) is 2.81. The number of rotatable bonds is 2.